The van der Waals surface area contributed by atoms with Crippen molar-refractivity contribution in [3.05, 3.63) is 76.3 Å². The Morgan fingerprint density at radius 1 is 1.06 bits per heavy atom. The Hall–Kier alpha value is -3.55. The van der Waals surface area contributed by atoms with Crippen molar-refractivity contribution in [2.24, 2.45) is 0 Å². The molecule has 0 radical (unpaired) electrons. The molecule has 4 rings (SSSR count). The number of benzene rings is 3. The van der Waals surface area contributed by atoms with Crippen LogP contribution in [0.1, 0.15) is 10.4 Å². The van der Waals surface area contributed by atoms with Gasteiger partial charge in [-0.05, 0) is 42.5 Å². The maximum absolute atomic E-state index is 13.2. The molecular weight excluding hydrogens is 475 g/mol. The van der Waals surface area contributed by atoms with Gasteiger partial charge in [0.05, 0.1) is 33.9 Å². The number of para-hydroxylation sites is 2. The average molecular weight is 497 g/mol. The first-order valence-corrected chi connectivity index (χ1v) is 11.1. The van der Waals surface area contributed by atoms with E-state index < -0.39 is 0 Å². The summed E-state index contributed by atoms with van der Waals surface area (Å²) in [5, 5.41) is 3.62. The van der Waals surface area contributed by atoms with E-state index in [2.05, 4.69) is 5.32 Å². The van der Waals surface area contributed by atoms with E-state index in [0.29, 0.717) is 38.4 Å². The molecule has 7 nitrogen and oxygen atoms in total. The zero-order valence-corrected chi connectivity index (χ0v) is 20.3. The summed E-state index contributed by atoms with van der Waals surface area (Å²) < 4.78 is 7.16. The van der Waals surface area contributed by atoms with Gasteiger partial charge in [-0.3, -0.25) is 9.59 Å². The number of hydrogen-bond acceptors (Lipinski definition) is 4. The van der Waals surface area contributed by atoms with Gasteiger partial charge in [-0.2, -0.15) is 0 Å². The van der Waals surface area contributed by atoms with Crippen LogP contribution in [0, 0.1) is 0 Å². The molecule has 0 aliphatic carbocycles. The number of aromatic nitrogens is 2. The van der Waals surface area contributed by atoms with Crippen LogP contribution in [0.4, 0.5) is 5.69 Å². The molecule has 0 saturated heterocycles. The fraction of sp³-hybridized carbons (Fsp3) is 0.160. The van der Waals surface area contributed by atoms with Crippen molar-refractivity contribution in [3.8, 4) is 17.1 Å². The Balaban J connectivity index is 1.71. The number of amides is 2. The minimum Gasteiger partial charge on any atom is -0.495 e. The van der Waals surface area contributed by atoms with Crippen molar-refractivity contribution >= 4 is 51.7 Å². The van der Waals surface area contributed by atoms with E-state index in [0.717, 1.165) is 11.0 Å². The molecule has 0 fully saturated rings. The number of nitrogens with one attached hydrogen (secondary N) is 1. The second kappa shape index (κ2) is 9.75. The highest BCUT2D eigenvalue weighted by Crippen LogP contribution is 2.35. The van der Waals surface area contributed by atoms with Gasteiger partial charge in [0, 0.05) is 25.2 Å². The van der Waals surface area contributed by atoms with Gasteiger partial charge in [-0.25, -0.2) is 4.98 Å². The molecule has 174 valence electrons. The van der Waals surface area contributed by atoms with Gasteiger partial charge in [0.1, 0.15) is 18.1 Å². The van der Waals surface area contributed by atoms with Crippen LogP contribution in [-0.2, 0) is 11.3 Å². The molecule has 0 aliphatic heterocycles. The smallest absolute Gasteiger partial charge is 0.253 e. The number of fused-ring (bicyclic) bond motifs is 1. The number of carbonyl (C=O) groups excluding carboxylic acids is 2. The van der Waals surface area contributed by atoms with E-state index in [9.17, 15) is 9.59 Å². The van der Waals surface area contributed by atoms with Gasteiger partial charge in [-0.15, -0.1) is 0 Å². The number of methoxy groups -OCH3 is 1. The second-order valence-corrected chi connectivity index (χ2v) is 8.56. The third-order valence-electron chi connectivity index (χ3n) is 5.28. The molecule has 0 spiro atoms. The van der Waals surface area contributed by atoms with Crippen molar-refractivity contribution in [3.63, 3.8) is 0 Å². The number of halogens is 2. The van der Waals surface area contributed by atoms with Crippen molar-refractivity contribution in [2.45, 2.75) is 6.54 Å². The van der Waals surface area contributed by atoms with Gasteiger partial charge < -0.3 is 19.5 Å². The number of hydrogen-bond donors (Lipinski definition) is 1. The molecule has 0 atom stereocenters. The topological polar surface area (TPSA) is 76.5 Å². The van der Waals surface area contributed by atoms with Gasteiger partial charge >= 0.3 is 0 Å². The normalized spacial score (nSPS) is 10.9. The lowest BCUT2D eigenvalue weighted by molar-refractivity contribution is -0.116. The largest absolute Gasteiger partial charge is 0.495 e. The zero-order chi connectivity index (χ0) is 24.4. The van der Waals surface area contributed by atoms with Gasteiger partial charge in [0.2, 0.25) is 5.91 Å². The Morgan fingerprint density at radius 2 is 1.82 bits per heavy atom. The second-order valence-electron chi connectivity index (χ2n) is 7.77. The van der Waals surface area contributed by atoms with Crippen LogP contribution < -0.4 is 10.1 Å². The highest BCUT2D eigenvalue weighted by Gasteiger charge is 2.19. The van der Waals surface area contributed by atoms with Crippen molar-refractivity contribution in [1.82, 2.24) is 14.5 Å². The molecule has 3 aromatic carbocycles. The molecule has 1 aromatic heterocycles. The number of carbonyl (C=O) groups is 2. The molecule has 34 heavy (non-hydrogen) atoms. The zero-order valence-electron chi connectivity index (χ0n) is 18.8. The summed E-state index contributed by atoms with van der Waals surface area (Å²) in [6.45, 7) is -0.0479. The average Bonchev–Trinajstić information content (AvgIpc) is 3.18. The van der Waals surface area contributed by atoms with Crippen LogP contribution in [0.3, 0.4) is 0 Å². The fourth-order valence-corrected chi connectivity index (χ4v) is 4.03. The van der Waals surface area contributed by atoms with Crippen molar-refractivity contribution in [1.29, 1.82) is 0 Å². The first-order chi connectivity index (χ1) is 16.3. The predicted octanol–water partition coefficient (Wildman–Crippen LogP) is 5.36. The highest BCUT2D eigenvalue weighted by molar-refractivity contribution is 6.43. The molecule has 0 bridgehead atoms. The standard InChI is InChI=1S/C25H22Cl2N4O3/c1-30(2)25(33)15-11-12-21(34-3)19(13-15)28-22(32)14-31-20-10-5-4-9-18(20)29-24(31)16-7-6-8-17(26)23(16)27/h4-13H,14H2,1-3H3,(H,28,32). The maximum Gasteiger partial charge on any atom is 0.253 e. The number of imidazole rings is 1. The van der Waals surface area contributed by atoms with Crippen LogP contribution in [0.5, 0.6) is 5.75 Å². The lowest BCUT2D eigenvalue weighted by Gasteiger charge is -2.15. The fourth-order valence-electron chi connectivity index (χ4n) is 3.65. The van der Waals surface area contributed by atoms with E-state index >= 15 is 0 Å². The van der Waals surface area contributed by atoms with Gasteiger partial charge in [-0.1, -0.05) is 41.4 Å². The Bertz CT molecular complexity index is 1400. The molecule has 4 aromatic rings. The quantitative estimate of drug-likeness (QED) is 0.389. The Labute approximate surface area is 206 Å². The summed E-state index contributed by atoms with van der Waals surface area (Å²) in [6.07, 6.45) is 0. The summed E-state index contributed by atoms with van der Waals surface area (Å²) in [7, 11) is 4.83. The Kier molecular flexibility index (Phi) is 6.77. The molecule has 2 amide bonds. The molecule has 1 heterocycles. The minimum atomic E-state index is -0.324. The van der Waals surface area contributed by atoms with E-state index in [-0.39, 0.29) is 18.4 Å². The number of nitrogens with zero attached hydrogens (tertiary/aromatic N) is 3. The SMILES string of the molecule is COc1ccc(C(=O)N(C)C)cc1NC(=O)Cn1c(-c2cccc(Cl)c2Cl)nc2ccccc21. The van der Waals surface area contributed by atoms with Crippen LogP contribution in [0.15, 0.2) is 60.7 Å². The first kappa shape index (κ1) is 23.6. The number of rotatable bonds is 6. The van der Waals surface area contributed by atoms with Gasteiger partial charge in [0.25, 0.3) is 5.91 Å². The predicted molar refractivity (Wildman–Crippen MR) is 135 cm³/mol. The van der Waals surface area contributed by atoms with E-state index in [1.54, 1.807) is 49.0 Å². The number of anilines is 1. The molecular formula is C25H22Cl2N4O3. The molecule has 0 saturated carbocycles. The van der Waals surface area contributed by atoms with Crippen LogP contribution in [-0.4, -0.2) is 47.5 Å². The summed E-state index contributed by atoms with van der Waals surface area (Å²) in [6, 6.07) is 17.7. The summed E-state index contributed by atoms with van der Waals surface area (Å²) >= 11 is 12.7. The highest BCUT2D eigenvalue weighted by atomic mass is 35.5. The first-order valence-electron chi connectivity index (χ1n) is 10.4. The molecule has 9 heteroatoms. The maximum atomic E-state index is 13.2. The summed E-state index contributed by atoms with van der Waals surface area (Å²) in [5.74, 6) is 0.455. The van der Waals surface area contributed by atoms with Crippen molar-refractivity contribution in [2.75, 3.05) is 26.5 Å². The third kappa shape index (κ3) is 4.58. The lowest BCUT2D eigenvalue weighted by atomic mass is 10.1. The monoisotopic (exact) mass is 496 g/mol. The van der Waals surface area contributed by atoms with E-state index in [1.165, 1.54) is 12.0 Å². The van der Waals surface area contributed by atoms with Gasteiger partial charge in [0.15, 0.2) is 0 Å². The van der Waals surface area contributed by atoms with E-state index in [1.807, 2.05) is 30.3 Å². The Morgan fingerprint density at radius 3 is 2.56 bits per heavy atom. The number of ether oxygens (including phenoxy) is 1. The van der Waals surface area contributed by atoms with E-state index in [4.69, 9.17) is 32.9 Å². The molecule has 1 N–H and O–H groups in total. The van der Waals surface area contributed by atoms with Crippen LogP contribution >= 0.6 is 23.2 Å². The molecule has 0 unspecified atom stereocenters. The summed E-state index contributed by atoms with van der Waals surface area (Å²) in [4.78, 5) is 31.7. The molecule has 0 aliphatic rings. The third-order valence-corrected chi connectivity index (χ3v) is 6.09. The van der Waals surface area contributed by atoms with Crippen LogP contribution in [0.2, 0.25) is 10.0 Å². The summed E-state index contributed by atoms with van der Waals surface area (Å²) in [5.41, 5.74) is 2.94. The van der Waals surface area contributed by atoms with Crippen LogP contribution in [0.25, 0.3) is 22.4 Å². The lowest BCUT2D eigenvalue weighted by Crippen LogP contribution is -2.23. The minimum absolute atomic E-state index is 0.0479. The van der Waals surface area contributed by atoms with Crippen molar-refractivity contribution < 1.29 is 14.3 Å².